The molecule has 1 aliphatic heterocycles. The molecule has 1 aromatic heterocycles. The van der Waals surface area contributed by atoms with E-state index >= 15 is 0 Å². The number of nitrogens with zero attached hydrogens (tertiary/aromatic N) is 3. The predicted octanol–water partition coefficient (Wildman–Crippen LogP) is 1.78. The van der Waals surface area contributed by atoms with Crippen molar-refractivity contribution < 1.29 is 19.9 Å². The number of carboxylic acid groups (broad SMARTS) is 1. The minimum Gasteiger partial charge on any atom is -0.544 e. The number of carboxylic acids is 1. The van der Waals surface area contributed by atoms with Gasteiger partial charge in [0.1, 0.15) is 6.54 Å². The van der Waals surface area contributed by atoms with Gasteiger partial charge in [-0.05, 0) is 25.0 Å². The molecule has 0 aliphatic carbocycles. The van der Waals surface area contributed by atoms with Gasteiger partial charge in [-0.15, -0.1) is 0 Å². The first-order valence-corrected chi connectivity index (χ1v) is 10.4. The smallest absolute Gasteiger partial charge is 0.119 e. The SMILES string of the molecule is CCCCCCCCCC[N+]1(CC(=O)[O-])CCN(c2ccncc2)CC1.O. The van der Waals surface area contributed by atoms with E-state index in [-0.39, 0.29) is 12.0 Å². The number of hydrogen-bond donors (Lipinski definition) is 0. The fourth-order valence-corrected chi connectivity index (χ4v) is 4.02. The molecule has 6 nitrogen and oxygen atoms in total. The predicted molar refractivity (Wildman–Crippen MR) is 107 cm³/mol. The summed E-state index contributed by atoms with van der Waals surface area (Å²) in [6, 6.07) is 4.05. The van der Waals surface area contributed by atoms with E-state index in [0.717, 1.165) is 39.1 Å². The van der Waals surface area contributed by atoms with Crippen LogP contribution in [0.15, 0.2) is 24.5 Å². The lowest BCUT2D eigenvalue weighted by atomic mass is 10.1. The van der Waals surface area contributed by atoms with Crippen LogP contribution in [0.5, 0.6) is 0 Å². The molecule has 0 amide bonds. The number of piperazine rings is 1. The highest BCUT2D eigenvalue weighted by atomic mass is 16.4. The largest absolute Gasteiger partial charge is 0.544 e. The summed E-state index contributed by atoms with van der Waals surface area (Å²) < 4.78 is 0.680. The van der Waals surface area contributed by atoms with Crippen LogP contribution in [0.25, 0.3) is 0 Å². The molecule has 0 radical (unpaired) electrons. The Labute approximate surface area is 164 Å². The molecule has 0 spiro atoms. The summed E-state index contributed by atoms with van der Waals surface area (Å²) in [5.41, 5.74) is 1.18. The normalized spacial score (nSPS) is 16.0. The highest BCUT2D eigenvalue weighted by Crippen LogP contribution is 2.21. The minimum atomic E-state index is -0.915. The Morgan fingerprint density at radius 1 is 1.04 bits per heavy atom. The van der Waals surface area contributed by atoms with Crippen LogP contribution in [0, 0.1) is 0 Å². The molecule has 0 aromatic carbocycles. The number of aromatic nitrogens is 1. The van der Waals surface area contributed by atoms with E-state index in [1.165, 1.54) is 50.6 Å². The quantitative estimate of drug-likeness (QED) is 0.409. The van der Waals surface area contributed by atoms with E-state index in [1.54, 1.807) is 0 Å². The minimum absolute atomic E-state index is 0. The van der Waals surface area contributed by atoms with E-state index in [9.17, 15) is 9.90 Å². The van der Waals surface area contributed by atoms with Crippen molar-refractivity contribution >= 4 is 11.7 Å². The summed E-state index contributed by atoms with van der Waals surface area (Å²) in [7, 11) is 0. The number of unbranched alkanes of at least 4 members (excludes halogenated alkanes) is 7. The zero-order valence-corrected chi connectivity index (χ0v) is 16.9. The number of hydrogen-bond acceptors (Lipinski definition) is 4. The fourth-order valence-electron chi connectivity index (χ4n) is 4.02. The molecular weight excluding hydrogens is 342 g/mol. The molecule has 0 saturated carbocycles. The number of quaternary nitrogens is 1. The summed E-state index contributed by atoms with van der Waals surface area (Å²) in [5.74, 6) is -0.915. The highest BCUT2D eigenvalue weighted by Gasteiger charge is 2.32. The Morgan fingerprint density at radius 2 is 1.59 bits per heavy atom. The molecule has 0 unspecified atom stereocenters. The molecule has 1 fully saturated rings. The van der Waals surface area contributed by atoms with Crippen molar-refractivity contribution in [2.75, 3.05) is 44.2 Å². The van der Waals surface area contributed by atoms with Crippen LogP contribution in [0.3, 0.4) is 0 Å². The van der Waals surface area contributed by atoms with E-state index in [2.05, 4.69) is 16.8 Å². The third-order valence-corrected chi connectivity index (χ3v) is 5.67. The molecule has 1 aliphatic rings. The van der Waals surface area contributed by atoms with Gasteiger partial charge in [0, 0.05) is 18.1 Å². The maximum atomic E-state index is 11.3. The van der Waals surface area contributed by atoms with Crippen molar-refractivity contribution in [3.05, 3.63) is 24.5 Å². The number of carbonyl (C=O) groups excluding carboxylic acids is 1. The summed E-state index contributed by atoms with van der Waals surface area (Å²) >= 11 is 0. The van der Waals surface area contributed by atoms with E-state index in [0.29, 0.717) is 4.48 Å². The monoisotopic (exact) mass is 379 g/mol. The Bertz CT molecular complexity index is 517. The van der Waals surface area contributed by atoms with Gasteiger partial charge in [-0.25, -0.2) is 0 Å². The maximum Gasteiger partial charge on any atom is 0.119 e. The molecular formula is C21H37N3O3. The molecule has 6 heteroatoms. The average molecular weight is 380 g/mol. The van der Waals surface area contributed by atoms with Crippen molar-refractivity contribution in [2.45, 2.75) is 58.3 Å². The van der Waals surface area contributed by atoms with Crippen LogP contribution in [0.4, 0.5) is 5.69 Å². The van der Waals surface area contributed by atoms with Crippen LogP contribution in [0.1, 0.15) is 58.3 Å². The molecule has 2 rings (SSSR count). The van der Waals surface area contributed by atoms with Crippen molar-refractivity contribution in [3.8, 4) is 0 Å². The van der Waals surface area contributed by atoms with Crippen molar-refractivity contribution in [1.29, 1.82) is 0 Å². The highest BCUT2D eigenvalue weighted by molar-refractivity contribution is 5.65. The summed E-state index contributed by atoms with van der Waals surface area (Å²) in [5, 5.41) is 11.3. The summed E-state index contributed by atoms with van der Waals surface area (Å²) in [6.07, 6.45) is 13.9. The Kier molecular flexibility index (Phi) is 11.0. The lowest BCUT2D eigenvalue weighted by Gasteiger charge is -2.45. The van der Waals surface area contributed by atoms with Crippen LogP contribution in [-0.2, 0) is 4.79 Å². The lowest BCUT2D eigenvalue weighted by molar-refractivity contribution is -0.923. The van der Waals surface area contributed by atoms with Crippen molar-refractivity contribution in [3.63, 3.8) is 0 Å². The van der Waals surface area contributed by atoms with Crippen molar-refractivity contribution in [2.24, 2.45) is 0 Å². The van der Waals surface area contributed by atoms with E-state index < -0.39 is 5.97 Å². The van der Waals surface area contributed by atoms with Crippen LogP contribution in [-0.4, -0.2) is 60.2 Å². The topological polar surface area (TPSA) is 87.8 Å². The van der Waals surface area contributed by atoms with Gasteiger partial charge in [-0.1, -0.05) is 45.4 Å². The van der Waals surface area contributed by atoms with Crippen LogP contribution < -0.4 is 10.0 Å². The Morgan fingerprint density at radius 3 is 2.15 bits per heavy atom. The van der Waals surface area contributed by atoms with Crippen LogP contribution in [0.2, 0.25) is 0 Å². The summed E-state index contributed by atoms with van der Waals surface area (Å²) in [4.78, 5) is 17.7. The molecule has 27 heavy (non-hydrogen) atoms. The Balaban J connectivity index is 0.00000364. The molecule has 1 saturated heterocycles. The summed E-state index contributed by atoms with van der Waals surface area (Å²) in [6.45, 7) is 6.92. The van der Waals surface area contributed by atoms with Gasteiger partial charge >= 0.3 is 0 Å². The second-order valence-electron chi connectivity index (χ2n) is 7.71. The standard InChI is InChI=1S/C21H35N3O2.H2O/c1-2-3-4-5-6-7-8-9-16-24(19-21(25)26)17-14-23(15-18-24)20-10-12-22-13-11-20;/h10-13H,2-9,14-19H2,1H3;1H2. The number of aliphatic carboxylic acids is 1. The number of rotatable bonds is 12. The molecule has 2 heterocycles. The zero-order chi connectivity index (χ0) is 18.7. The second-order valence-corrected chi connectivity index (χ2v) is 7.71. The zero-order valence-electron chi connectivity index (χ0n) is 16.9. The molecule has 2 N–H and O–H groups in total. The molecule has 1 aromatic rings. The van der Waals surface area contributed by atoms with Gasteiger partial charge in [0.15, 0.2) is 0 Å². The van der Waals surface area contributed by atoms with E-state index in [1.807, 2.05) is 24.5 Å². The third kappa shape index (κ3) is 8.26. The average Bonchev–Trinajstić information content (AvgIpc) is 2.65. The lowest BCUT2D eigenvalue weighted by Crippen LogP contribution is -2.63. The van der Waals surface area contributed by atoms with E-state index in [4.69, 9.17) is 0 Å². The van der Waals surface area contributed by atoms with Gasteiger partial charge < -0.3 is 24.8 Å². The number of pyridine rings is 1. The third-order valence-electron chi connectivity index (χ3n) is 5.67. The molecule has 0 atom stereocenters. The molecule has 0 bridgehead atoms. The first kappa shape index (κ1) is 23.4. The number of anilines is 1. The van der Waals surface area contributed by atoms with Crippen LogP contribution >= 0.6 is 0 Å². The van der Waals surface area contributed by atoms with Gasteiger partial charge in [-0.3, -0.25) is 4.98 Å². The van der Waals surface area contributed by atoms with Gasteiger partial charge in [-0.2, -0.15) is 0 Å². The maximum absolute atomic E-state index is 11.3. The fraction of sp³-hybridized carbons (Fsp3) is 0.714. The first-order valence-electron chi connectivity index (χ1n) is 10.4. The Hall–Kier alpha value is -1.66. The second kappa shape index (κ2) is 12.7. The van der Waals surface area contributed by atoms with Crippen molar-refractivity contribution in [1.82, 2.24) is 4.98 Å². The van der Waals surface area contributed by atoms with Gasteiger partial charge in [0.25, 0.3) is 0 Å². The van der Waals surface area contributed by atoms with Gasteiger partial charge in [0.2, 0.25) is 0 Å². The molecule has 154 valence electrons. The first-order chi connectivity index (χ1) is 12.7. The number of carbonyl (C=O) groups is 1. The van der Waals surface area contributed by atoms with Gasteiger partial charge in [0.05, 0.1) is 38.7 Å².